The van der Waals surface area contributed by atoms with E-state index >= 15 is 0 Å². The van der Waals surface area contributed by atoms with Gasteiger partial charge in [-0.1, -0.05) is 13.5 Å². The number of hydrogen-bond acceptors (Lipinski definition) is 3. The molecule has 0 fully saturated rings. The summed E-state index contributed by atoms with van der Waals surface area (Å²) in [6.45, 7) is 15.5. The van der Waals surface area contributed by atoms with E-state index in [9.17, 15) is 9.59 Å². The summed E-state index contributed by atoms with van der Waals surface area (Å²) >= 11 is 2.19. The van der Waals surface area contributed by atoms with Gasteiger partial charge >= 0.3 is 42.6 Å². The molecule has 0 heterocycles. The van der Waals surface area contributed by atoms with Crippen molar-refractivity contribution in [3.63, 3.8) is 0 Å². The van der Waals surface area contributed by atoms with Gasteiger partial charge < -0.3 is 10.1 Å². The van der Waals surface area contributed by atoms with Gasteiger partial charge in [-0.3, -0.25) is 9.59 Å². The van der Waals surface area contributed by atoms with E-state index in [1.807, 2.05) is 0 Å². The first kappa shape index (κ1) is 20.6. The fourth-order valence-corrected chi connectivity index (χ4v) is 0.896. The van der Waals surface area contributed by atoms with Crippen LogP contribution in [0.25, 0.3) is 0 Å². The van der Waals surface area contributed by atoms with E-state index in [1.165, 1.54) is 0 Å². The van der Waals surface area contributed by atoms with E-state index in [4.69, 9.17) is 4.74 Å². The number of hydrogen-bond donors (Lipinski definition) is 1. The zero-order valence-electron chi connectivity index (χ0n) is 13.4. The van der Waals surface area contributed by atoms with Gasteiger partial charge in [-0.25, -0.2) is 0 Å². The van der Waals surface area contributed by atoms with Crippen molar-refractivity contribution >= 4 is 29.4 Å². The van der Waals surface area contributed by atoms with E-state index in [0.29, 0.717) is 17.1 Å². The van der Waals surface area contributed by atoms with Crippen molar-refractivity contribution in [2.45, 2.75) is 58.1 Å². The van der Waals surface area contributed by atoms with Crippen LogP contribution in [-0.4, -0.2) is 42.1 Å². The molecule has 0 aromatic heterocycles. The van der Waals surface area contributed by atoms with Crippen LogP contribution < -0.4 is 5.32 Å². The number of ether oxygens (including phenoxy) is 1. The number of carbonyl (C=O) groups excluding carboxylic acids is 2. The van der Waals surface area contributed by atoms with Gasteiger partial charge in [-0.05, 0) is 13.8 Å². The van der Waals surface area contributed by atoms with Crippen LogP contribution >= 0.6 is 0 Å². The summed E-state index contributed by atoms with van der Waals surface area (Å²) < 4.78 is 5.44. The molecule has 106 valence electrons. The molecule has 0 aliphatic carbocycles. The molecule has 0 rings (SSSR count). The number of nitrogens with one attached hydrogen (secondary N) is 1. The first-order valence-electron chi connectivity index (χ1n) is 6.68. The number of carbonyl (C=O) groups is 2. The van der Waals surface area contributed by atoms with Crippen LogP contribution in [0.2, 0.25) is 4.09 Å². The molecule has 0 spiro atoms. The molecule has 1 amide bonds. The molecule has 0 bridgehead atoms. The van der Waals surface area contributed by atoms with Crippen LogP contribution in [0, 0.1) is 0 Å². The summed E-state index contributed by atoms with van der Waals surface area (Å²) in [5.74, 6) is -0.347. The third-order valence-electron chi connectivity index (χ3n) is 1.69. The van der Waals surface area contributed by atoms with Crippen LogP contribution in [0.5, 0.6) is 0 Å². The van der Waals surface area contributed by atoms with E-state index < -0.39 is 6.04 Å². The van der Waals surface area contributed by atoms with Crippen LogP contribution in [0.15, 0.2) is 12.3 Å². The maximum absolute atomic E-state index is 11.4. The predicted octanol–water partition coefficient (Wildman–Crippen LogP) is 2.39. The van der Waals surface area contributed by atoms with Crippen LogP contribution in [0.4, 0.5) is 0 Å². The third-order valence-corrected chi connectivity index (χ3v) is 1.69. The van der Waals surface area contributed by atoms with Gasteiger partial charge in [-0.15, -0.1) is 0 Å². The van der Waals surface area contributed by atoms with Crippen molar-refractivity contribution in [3.05, 3.63) is 12.3 Å². The molecule has 0 aliphatic rings. The van der Waals surface area contributed by atoms with Crippen molar-refractivity contribution < 1.29 is 14.3 Å². The van der Waals surface area contributed by atoms with Gasteiger partial charge in [0, 0.05) is 6.42 Å². The fraction of sp³-hybridized carbons (Fsp3) is 0.714. The fourth-order valence-electron chi connectivity index (χ4n) is 0.896. The van der Waals surface area contributed by atoms with E-state index in [-0.39, 0.29) is 17.4 Å². The molecule has 0 aliphatic heterocycles. The Labute approximate surface area is 126 Å². The van der Waals surface area contributed by atoms with Gasteiger partial charge in [0.15, 0.2) is 5.76 Å². The predicted molar refractivity (Wildman–Crippen MR) is 79.1 cm³/mol. The Bertz CT molecular complexity index is 302. The molecule has 0 saturated carbocycles. The molecule has 1 atom stereocenters. The monoisotopic (exact) mass is 263 g/mol. The zero-order chi connectivity index (χ0) is 15.6. The van der Waals surface area contributed by atoms with Gasteiger partial charge in [0.2, 0.25) is 11.7 Å². The molecule has 19 heavy (non-hydrogen) atoms. The summed E-state index contributed by atoms with van der Waals surface area (Å²) in [5, 5.41) is 2.54. The summed E-state index contributed by atoms with van der Waals surface area (Å²) in [7, 11) is 0. The molecule has 5 heteroatoms. The average Bonchev–Trinajstić information content (AvgIpc) is 2.25. The summed E-state index contributed by atoms with van der Waals surface area (Å²) in [4.78, 5) is 22.4. The van der Waals surface area contributed by atoms with Crippen molar-refractivity contribution in [1.29, 1.82) is 0 Å². The van der Waals surface area contributed by atoms with Crippen molar-refractivity contribution in [2.75, 3.05) is 6.61 Å². The van der Waals surface area contributed by atoms with Crippen LogP contribution in [0.1, 0.15) is 48.0 Å². The molecule has 1 N–H and O–H groups in total. The molecule has 0 aromatic rings. The molecule has 0 radical (unpaired) electrons. The number of rotatable bonds is 6. The Morgan fingerprint density at radius 2 is 1.74 bits per heavy atom. The number of ketones is 1. The second kappa shape index (κ2) is 10.1. The van der Waals surface area contributed by atoms with Crippen molar-refractivity contribution in [1.82, 2.24) is 5.32 Å². The molecular weight excluding hydrogens is 237 g/mol. The SMILES string of the molecule is C=C(OCC)C(=O)C(C)NC(=O)CC.[Li][C](C)(C)C. The molecule has 4 nitrogen and oxygen atoms in total. The van der Waals surface area contributed by atoms with Gasteiger partial charge in [0.1, 0.15) is 0 Å². The second-order valence-corrected chi connectivity index (χ2v) is 5.86. The van der Waals surface area contributed by atoms with E-state index in [1.54, 1.807) is 20.8 Å². The Kier molecular flexibility index (Phi) is 11.0. The standard InChI is InChI=1S/C10H17NO3.C4H9.Li/c1-5-9(12)11-7(3)10(13)8(4)14-6-2;1-4(2)3;/h7H,4-6H2,1-3H3,(H,11,12);1-3H3;. The van der Waals surface area contributed by atoms with Crippen LogP contribution in [0.3, 0.4) is 0 Å². The third kappa shape index (κ3) is 15.2. The zero-order valence-corrected chi connectivity index (χ0v) is 13.4. The molecular formula is C14H26LiNO3. The first-order chi connectivity index (χ1) is 8.52. The Hall–Kier alpha value is -0.723. The summed E-state index contributed by atoms with van der Waals surface area (Å²) in [6, 6.07) is -0.568. The Balaban J connectivity index is 0. The molecule has 0 aromatic carbocycles. The van der Waals surface area contributed by atoms with Crippen LogP contribution in [-0.2, 0) is 14.3 Å². The maximum atomic E-state index is 11.4. The average molecular weight is 263 g/mol. The van der Waals surface area contributed by atoms with Gasteiger partial charge in [0.05, 0.1) is 12.6 Å². The quantitative estimate of drug-likeness (QED) is 0.455. The van der Waals surface area contributed by atoms with Gasteiger partial charge in [-0.2, -0.15) is 0 Å². The Morgan fingerprint density at radius 1 is 1.32 bits per heavy atom. The molecule has 1 unspecified atom stereocenters. The number of Topliss-reactive ketones (excluding diaryl/α,β-unsaturated/α-hetero) is 1. The van der Waals surface area contributed by atoms with Crippen molar-refractivity contribution in [2.24, 2.45) is 0 Å². The second-order valence-electron chi connectivity index (χ2n) is 5.86. The minimum atomic E-state index is -0.568. The molecule has 0 saturated heterocycles. The van der Waals surface area contributed by atoms with Crippen molar-refractivity contribution in [3.8, 4) is 0 Å². The first-order valence-corrected chi connectivity index (χ1v) is 6.68. The number of amides is 1. The van der Waals surface area contributed by atoms with E-state index in [0.717, 1.165) is 0 Å². The summed E-state index contributed by atoms with van der Waals surface area (Å²) in [6.07, 6.45) is 0.360. The van der Waals surface area contributed by atoms with E-state index in [2.05, 4.69) is 50.4 Å². The van der Waals surface area contributed by atoms with Gasteiger partial charge in [0.25, 0.3) is 0 Å². The topological polar surface area (TPSA) is 55.4 Å². The summed E-state index contributed by atoms with van der Waals surface area (Å²) in [5.41, 5.74) is 0. The normalized spacial score (nSPS) is 11.8. The minimum absolute atomic E-state index is 0.0939. The Morgan fingerprint density at radius 3 is 2.05 bits per heavy atom.